The lowest BCUT2D eigenvalue weighted by atomic mass is 10.1. The molecule has 0 heterocycles. The van der Waals surface area contributed by atoms with Gasteiger partial charge < -0.3 is 4.74 Å². The molecule has 3 nitrogen and oxygen atoms in total. The standard InChI is InChI=1S/C12H9F2NO2/c1-2-17-12(16)4-3-8-5-10(13)11(14)6-9(8)7-15/h3-6H,2H2,1H3. The fourth-order valence-corrected chi connectivity index (χ4v) is 1.15. The molecule has 0 radical (unpaired) electrons. The summed E-state index contributed by atoms with van der Waals surface area (Å²) >= 11 is 0. The van der Waals surface area contributed by atoms with Crippen LogP contribution in [0.2, 0.25) is 0 Å². The van der Waals surface area contributed by atoms with Crippen molar-refractivity contribution in [2.75, 3.05) is 6.61 Å². The maximum Gasteiger partial charge on any atom is 0.330 e. The molecule has 0 amide bonds. The van der Waals surface area contributed by atoms with Crippen molar-refractivity contribution >= 4 is 12.0 Å². The third kappa shape index (κ3) is 3.38. The normalized spacial score (nSPS) is 10.2. The van der Waals surface area contributed by atoms with E-state index in [4.69, 9.17) is 5.26 Å². The van der Waals surface area contributed by atoms with Crippen LogP contribution in [-0.2, 0) is 9.53 Å². The molecule has 0 spiro atoms. The monoisotopic (exact) mass is 237 g/mol. The molecule has 1 aromatic rings. The van der Waals surface area contributed by atoms with Gasteiger partial charge in [0.2, 0.25) is 0 Å². The van der Waals surface area contributed by atoms with E-state index in [1.807, 2.05) is 0 Å². The maximum atomic E-state index is 12.9. The van der Waals surface area contributed by atoms with E-state index in [2.05, 4.69) is 4.74 Å². The highest BCUT2D eigenvalue weighted by Crippen LogP contribution is 2.15. The van der Waals surface area contributed by atoms with Gasteiger partial charge in [-0.2, -0.15) is 5.26 Å². The highest BCUT2D eigenvalue weighted by atomic mass is 19.2. The largest absolute Gasteiger partial charge is 0.463 e. The Morgan fingerprint density at radius 2 is 2.12 bits per heavy atom. The molecule has 17 heavy (non-hydrogen) atoms. The second kappa shape index (κ2) is 5.75. The molecule has 0 aliphatic rings. The number of rotatable bonds is 3. The van der Waals surface area contributed by atoms with Gasteiger partial charge in [0.05, 0.1) is 18.2 Å². The van der Waals surface area contributed by atoms with Crippen LogP contribution in [0.25, 0.3) is 6.08 Å². The molecule has 0 saturated heterocycles. The smallest absolute Gasteiger partial charge is 0.330 e. The predicted molar refractivity (Wildman–Crippen MR) is 56.7 cm³/mol. The van der Waals surface area contributed by atoms with Crippen LogP contribution in [0.3, 0.4) is 0 Å². The average Bonchev–Trinajstić information content (AvgIpc) is 2.30. The number of nitrogens with zero attached hydrogens (tertiary/aromatic N) is 1. The van der Waals surface area contributed by atoms with Gasteiger partial charge in [-0.1, -0.05) is 0 Å². The molecule has 1 aromatic carbocycles. The summed E-state index contributed by atoms with van der Waals surface area (Å²) in [6, 6.07) is 3.34. The van der Waals surface area contributed by atoms with Crippen LogP contribution in [0, 0.1) is 23.0 Å². The number of nitriles is 1. The fourth-order valence-electron chi connectivity index (χ4n) is 1.15. The zero-order valence-electron chi connectivity index (χ0n) is 9.04. The molecule has 5 heteroatoms. The minimum Gasteiger partial charge on any atom is -0.463 e. The summed E-state index contributed by atoms with van der Waals surface area (Å²) in [5.41, 5.74) is 0.0731. The molecule has 1 rings (SSSR count). The summed E-state index contributed by atoms with van der Waals surface area (Å²) in [5.74, 6) is -2.79. The molecule has 0 unspecified atom stereocenters. The van der Waals surface area contributed by atoms with Gasteiger partial charge in [0.15, 0.2) is 11.6 Å². The Kier molecular flexibility index (Phi) is 4.35. The van der Waals surface area contributed by atoms with Gasteiger partial charge in [0.25, 0.3) is 0 Å². The molecular formula is C12H9F2NO2. The van der Waals surface area contributed by atoms with Crippen LogP contribution in [-0.4, -0.2) is 12.6 Å². The third-order valence-electron chi connectivity index (χ3n) is 1.90. The molecule has 0 aliphatic heterocycles. The summed E-state index contributed by atoms with van der Waals surface area (Å²) in [7, 11) is 0. The summed E-state index contributed by atoms with van der Waals surface area (Å²) in [5, 5.41) is 8.71. The molecule has 0 aliphatic carbocycles. The lowest BCUT2D eigenvalue weighted by molar-refractivity contribution is -0.137. The van der Waals surface area contributed by atoms with Crippen LogP contribution in [0.5, 0.6) is 0 Å². The van der Waals surface area contributed by atoms with Crippen molar-refractivity contribution in [1.82, 2.24) is 0 Å². The zero-order valence-corrected chi connectivity index (χ0v) is 9.04. The summed E-state index contributed by atoms with van der Waals surface area (Å²) in [6.45, 7) is 1.86. The first-order chi connectivity index (χ1) is 8.08. The van der Waals surface area contributed by atoms with Gasteiger partial charge in [-0.3, -0.25) is 0 Å². The van der Waals surface area contributed by atoms with E-state index in [9.17, 15) is 13.6 Å². The predicted octanol–water partition coefficient (Wildman–Crippen LogP) is 2.41. The molecule has 0 fully saturated rings. The Labute approximate surface area is 96.9 Å². The van der Waals surface area contributed by atoms with E-state index in [-0.39, 0.29) is 17.7 Å². The van der Waals surface area contributed by atoms with Crippen LogP contribution < -0.4 is 0 Å². The van der Waals surface area contributed by atoms with Gasteiger partial charge in [0.1, 0.15) is 0 Å². The van der Waals surface area contributed by atoms with E-state index >= 15 is 0 Å². The number of carbonyl (C=O) groups excluding carboxylic acids is 1. The van der Waals surface area contributed by atoms with E-state index in [1.165, 1.54) is 6.08 Å². The van der Waals surface area contributed by atoms with Crippen molar-refractivity contribution in [3.05, 3.63) is 41.0 Å². The molecule has 0 saturated carbocycles. The van der Waals surface area contributed by atoms with Gasteiger partial charge >= 0.3 is 5.97 Å². The molecular weight excluding hydrogens is 228 g/mol. The topological polar surface area (TPSA) is 50.1 Å². The van der Waals surface area contributed by atoms with Crippen molar-refractivity contribution < 1.29 is 18.3 Å². The molecule has 0 atom stereocenters. The number of ether oxygens (including phenoxy) is 1. The molecule has 0 bridgehead atoms. The van der Waals surface area contributed by atoms with Crippen LogP contribution in [0.1, 0.15) is 18.1 Å². The Morgan fingerprint density at radius 1 is 1.47 bits per heavy atom. The number of carbonyl (C=O) groups is 1. The third-order valence-corrected chi connectivity index (χ3v) is 1.90. The Balaban J connectivity index is 3.02. The summed E-state index contributed by atoms with van der Waals surface area (Å²) < 4.78 is 30.4. The molecule has 0 N–H and O–H groups in total. The van der Waals surface area contributed by atoms with Gasteiger partial charge in [-0.05, 0) is 30.7 Å². The number of halogens is 2. The quantitative estimate of drug-likeness (QED) is 0.599. The second-order valence-electron chi connectivity index (χ2n) is 3.05. The first-order valence-electron chi connectivity index (χ1n) is 4.82. The highest BCUT2D eigenvalue weighted by molar-refractivity contribution is 5.87. The van der Waals surface area contributed by atoms with E-state index in [1.54, 1.807) is 13.0 Å². The maximum absolute atomic E-state index is 12.9. The summed E-state index contributed by atoms with van der Waals surface area (Å²) in [4.78, 5) is 11.0. The SMILES string of the molecule is CCOC(=O)C=Cc1cc(F)c(F)cc1C#N. The van der Waals surface area contributed by atoms with E-state index in [0.29, 0.717) is 0 Å². The Morgan fingerprint density at radius 3 is 2.71 bits per heavy atom. The van der Waals surface area contributed by atoms with Crippen molar-refractivity contribution in [3.63, 3.8) is 0 Å². The second-order valence-corrected chi connectivity index (χ2v) is 3.05. The minimum absolute atomic E-state index is 0.0514. The number of esters is 1. The summed E-state index contributed by atoms with van der Waals surface area (Å²) in [6.07, 6.45) is 2.26. The number of benzene rings is 1. The van der Waals surface area contributed by atoms with E-state index in [0.717, 1.165) is 18.2 Å². The van der Waals surface area contributed by atoms with Gasteiger partial charge in [0, 0.05) is 6.08 Å². The lowest BCUT2D eigenvalue weighted by Crippen LogP contribution is -1.99. The Bertz CT molecular complexity index is 504. The van der Waals surface area contributed by atoms with Crippen molar-refractivity contribution in [2.24, 2.45) is 0 Å². The first kappa shape index (κ1) is 12.8. The van der Waals surface area contributed by atoms with Crippen molar-refractivity contribution in [2.45, 2.75) is 6.92 Å². The first-order valence-corrected chi connectivity index (χ1v) is 4.82. The number of hydrogen-bond acceptors (Lipinski definition) is 3. The van der Waals surface area contributed by atoms with Crippen molar-refractivity contribution in [1.29, 1.82) is 5.26 Å². The fraction of sp³-hybridized carbons (Fsp3) is 0.167. The van der Waals surface area contributed by atoms with Gasteiger partial charge in [-0.15, -0.1) is 0 Å². The van der Waals surface area contributed by atoms with Crippen LogP contribution >= 0.6 is 0 Å². The van der Waals surface area contributed by atoms with Crippen LogP contribution in [0.4, 0.5) is 8.78 Å². The van der Waals surface area contributed by atoms with Gasteiger partial charge in [-0.25, -0.2) is 13.6 Å². The highest BCUT2D eigenvalue weighted by Gasteiger charge is 2.07. The van der Waals surface area contributed by atoms with E-state index < -0.39 is 17.6 Å². The molecule has 88 valence electrons. The Hall–Kier alpha value is -2.22. The zero-order chi connectivity index (χ0) is 12.8. The molecule has 0 aromatic heterocycles. The average molecular weight is 237 g/mol. The lowest BCUT2D eigenvalue weighted by Gasteiger charge is -2.00. The van der Waals surface area contributed by atoms with Crippen LogP contribution in [0.15, 0.2) is 18.2 Å². The number of hydrogen-bond donors (Lipinski definition) is 0. The minimum atomic E-state index is -1.10. The van der Waals surface area contributed by atoms with Crippen molar-refractivity contribution in [3.8, 4) is 6.07 Å².